The van der Waals surface area contributed by atoms with Gasteiger partial charge in [-0.2, -0.15) is 0 Å². The van der Waals surface area contributed by atoms with Gasteiger partial charge in [-0.1, -0.05) is 72.0 Å². The molecule has 4 aromatic rings. The molecule has 0 atom stereocenters. The molecular weight excluding hydrogens is 478 g/mol. The molecule has 7 nitrogen and oxygen atoms in total. The minimum absolute atomic E-state index is 0.944. The van der Waals surface area contributed by atoms with Crippen molar-refractivity contribution in [3.8, 4) is 5.13 Å². The first-order valence-corrected chi connectivity index (χ1v) is 14.1. The van der Waals surface area contributed by atoms with Crippen LogP contribution in [0, 0.1) is 0 Å². The Morgan fingerprint density at radius 1 is 0.541 bits per heavy atom. The van der Waals surface area contributed by atoms with E-state index in [0.717, 1.165) is 82.3 Å². The van der Waals surface area contributed by atoms with Crippen LogP contribution in [0.15, 0.2) is 79.0 Å². The number of hydrogen-bond donors (Lipinski definition) is 0. The Balaban J connectivity index is 1.01. The van der Waals surface area contributed by atoms with Gasteiger partial charge in [-0.05, 0) is 23.3 Å². The maximum Gasteiger partial charge on any atom is 0.218 e. The molecule has 4 heterocycles. The Hall–Kier alpha value is -3.04. The number of piperazine rings is 2. The number of aromatic nitrogens is 3. The van der Waals surface area contributed by atoms with Crippen molar-refractivity contribution in [3.63, 3.8) is 0 Å². The van der Waals surface area contributed by atoms with Gasteiger partial charge in [0.25, 0.3) is 0 Å². The smallest absolute Gasteiger partial charge is 0.218 e. The van der Waals surface area contributed by atoms with Crippen molar-refractivity contribution in [3.05, 3.63) is 95.8 Å². The van der Waals surface area contributed by atoms with Crippen LogP contribution in [-0.4, -0.2) is 81.8 Å². The van der Waals surface area contributed by atoms with Crippen molar-refractivity contribution in [1.82, 2.24) is 29.5 Å². The van der Waals surface area contributed by atoms with Gasteiger partial charge in [0.05, 0.1) is 0 Å². The van der Waals surface area contributed by atoms with Crippen LogP contribution in [0.4, 0.5) is 5.13 Å². The van der Waals surface area contributed by atoms with Crippen molar-refractivity contribution in [2.45, 2.75) is 19.6 Å². The minimum atomic E-state index is 0.944. The molecule has 2 aliphatic heterocycles. The summed E-state index contributed by atoms with van der Waals surface area (Å²) in [6, 6.07) is 25.9. The van der Waals surface area contributed by atoms with E-state index in [4.69, 9.17) is 0 Å². The zero-order chi connectivity index (χ0) is 24.9. The molecule has 0 amide bonds. The van der Waals surface area contributed by atoms with Gasteiger partial charge in [0.15, 0.2) is 0 Å². The Kier molecular flexibility index (Phi) is 7.60. The van der Waals surface area contributed by atoms with E-state index in [-0.39, 0.29) is 0 Å². The molecular formula is C29H35N7S. The topological polar surface area (TPSA) is 43.7 Å². The summed E-state index contributed by atoms with van der Waals surface area (Å²) >= 11 is 1.70. The Labute approximate surface area is 223 Å². The lowest BCUT2D eigenvalue weighted by Gasteiger charge is -2.34. The predicted molar refractivity (Wildman–Crippen MR) is 150 cm³/mol. The monoisotopic (exact) mass is 513 g/mol. The Morgan fingerprint density at radius 3 is 1.65 bits per heavy atom. The summed E-state index contributed by atoms with van der Waals surface area (Å²) < 4.78 is 2.23. The van der Waals surface area contributed by atoms with Gasteiger partial charge in [-0.15, -0.1) is 10.2 Å². The van der Waals surface area contributed by atoms with E-state index >= 15 is 0 Å². The summed E-state index contributed by atoms with van der Waals surface area (Å²) in [6.07, 6.45) is 2.13. The number of anilines is 1. The van der Waals surface area contributed by atoms with E-state index in [1.54, 1.807) is 11.3 Å². The molecule has 2 saturated heterocycles. The fraction of sp³-hybridized carbons (Fsp3) is 0.379. The third kappa shape index (κ3) is 6.10. The molecule has 2 aromatic carbocycles. The largest absolute Gasteiger partial charge is 0.344 e. The van der Waals surface area contributed by atoms with Crippen molar-refractivity contribution < 1.29 is 0 Å². The second-order valence-electron chi connectivity index (χ2n) is 10.0. The third-order valence-corrected chi connectivity index (χ3v) is 8.42. The van der Waals surface area contributed by atoms with Crippen molar-refractivity contribution in [2.24, 2.45) is 0 Å². The summed E-state index contributed by atoms with van der Waals surface area (Å²) in [5, 5.41) is 11.2. The fourth-order valence-electron chi connectivity index (χ4n) is 5.28. The summed E-state index contributed by atoms with van der Waals surface area (Å²) in [4.78, 5) is 10.0. The van der Waals surface area contributed by atoms with E-state index in [1.807, 2.05) is 0 Å². The SMILES string of the molecule is c1ccc(CN2CCN(Cc3cccn3-c3nnc(N4CCN(Cc5ccccc5)CC4)s3)CC2)cc1. The van der Waals surface area contributed by atoms with Crippen molar-refractivity contribution in [2.75, 3.05) is 57.3 Å². The summed E-state index contributed by atoms with van der Waals surface area (Å²) in [5.74, 6) is 0. The number of hydrogen-bond acceptors (Lipinski definition) is 7. The van der Waals surface area contributed by atoms with E-state index < -0.39 is 0 Å². The summed E-state index contributed by atoms with van der Waals surface area (Å²) in [5.41, 5.74) is 4.06. The van der Waals surface area contributed by atoms with Crippen molar-refractivity contribution in [1.29, 1.82) is 0 Å². The lowest BCUT2D eigenvalue weighted by atomic mass is 10.2. The van der Waals surface area contributed by atoms with E-state index in [0.29, 0.717) is 0 Å². The predicted octanol–water partition coefficient (Wildman–Crippen LogP) is 3.97. The molecule has 0 unspecified atom stereocenters. The molecule has 0 aliphatic carbocycles. The lowest BCUT2D eigenvalue weighted by Crippen LogP contribution is -2.45. The van der Waals surface area contributed by atoms with Crippen LogP contribution in [0.1, 0.15) is 16.8 Å². The highest BCUT2D eigenvalue weighted by molar-refractivity contribution is 7.17. The third-order valence-electron chi connectivity index (χ3n) is 7.43. The highest BCUT2D eigenvalue weighted by atomic mass is 32.1. The normalized spacial score (nSPS) is 17.9. The zero-order valence-electron chi connectivity index (χ0n) is 21.3. The highest BCUT2D eigenvalue weighted by Gasteiger charge is 2.22. The van der Waals surface area contributed by atoms with Crippen LogP contribution < -0.4 is 4.90 Å². The number of rotatable bonds is 8. The van der Waals surface area contributed by atoms with Gasteiger partial charge in [0.2, 0.25) is 10.3 Å². The molecule has 0 spiro atoms. The van der Waals surface area contributed by atoms with E-state index in [2.05, 4.69) is 113 Å². The zero-order valence-corrected chi connectivity index (χ0v) is 22.1. The summed E-state index contributed by atoms with van der Waals surface area (Å²) in [6.45, 7) is 11.5. The van der Waals surface area contributed by atoms with E-state index in [1.165, 1.54) is 16.8 Å². The van der Waals surface area contributed by atoms with Crippen LogP contribution in [-0.2, 0) is 19.6 Å². The van der Waals surface area contributed by atoms with E-state index in [9.17, 15) is 0 Å². The van der Waals surface area contributed by atoms with Crippen LogP contribution in [0.5, 0.6) is 0 Å². The second kappa shape index (κ2) is 11.6. The first-order chi connectivity index (χ1) is 18.3. The number of nitrogens with zero attached hydrogens (tertiary/aromatic N) is 7. The average molecular weight is 514 g/mol. The van der Waals surface area contributed by atoms with Crippen LogP contribution in [0.25, 0.3) is 5.13 Å². The van der Waals surface area contributed by atoms with Crippen LogP contribution in [0.3, 0.4) is 0 Å². The van der Waals surface area contributed by atoms with Gasteiger partial charge < -0.3 is 4.90 Å². The van der Waals surface area contributed by atoms with Gasteiger partial charge in [0.1, 0.15) is 0 Å². The maximum atomic E-state index is 4.58. The summed E-state index contributed by atoms with van der Waals surface area (Å²) in [7, 11) is 0. The average Bonchev–Trinajstić information content (AvgIpc) is 3.61. The first-order valence-electron chi connectivity index (χ1n) is 13.3. The molecule has 2 aromatic heterocycles. The van der Waals surface area contributed by atoms with Gasteiger partial charge in [-0.25, -0.2) is 0 Å². The molecule has 6 rings (SSSR count). The van der Waals surface area contributed by atoms with Gasteiger partial charge >= 0.3 is 0 Å². The van der Waals surface area contributed by atoms with Crippen molar-refractivity contribution >= 4 is 16.5 Å². The quantitative estimate of drug-likeness (QED) is 0.355. The molecule has 2 aliphatic rings. The standard InChI is InChI=1S/C29H35N7S/c1-3-8-25(9-4-1)22-32-14-16-34(17-15-32)24-27-12-7-13-36(27)29-31-30-28(37-29)35-20-18-33(19-21-35)23-26-10-5-2-6-11-26/h1-13H,14-24H2. The van der Waals surface area contributed by atoms with Gasteiger partial charge in [0, 0.05) is 83.9 Å². The molecule has 0 bridgehead atoms. The Bertz CT molecular complexity index is 1240. The molecule has 0 radical (unpaired) electrons. The Morgan fingerprint density at radius 2 is 1.05 bits per heavy atom. The molecule has 37 heavy (non-hydrogen) atoms. The van der Waals surface area contributed by atoms with Gasteiger partial charge in [-0.3, -0.25) is 19.3 Å². The molecule has 8 heteroatoms. The molecule has 0 saturated carbocycles. The molecule has 2 fully saturated rings. The first kappa shape index (κ1) is 24.3. The fourth-order valence-corrected chi connectivity index (χ4v) is 6.19. The van der Waals surface area contributed by atoms with Crippen LogP contribution in [0.2, 0.25) is 0 Å². The highest BCUT2D eigenvalue weighted by Crippen LogP contribution is 2.26. The maximum absolute atomic E-state index is 4.58. The number of benzene rings is 2. The molecule has 192 valence electrons. The molecule has 0 N–H and O–H groups in total. The minimum Gasteiger partial charge on any atom is -0.344 e. The van der Waals surface area contributed by atoms with Crippen LogP contribution >= 0.6 is 11.3 Å². The second-order valence-corrected chi connectivity index (χ2v) is 11.0. The lowest BCUT2D eigenvalue weighted by molar-refractivity contribution is 0.120.